The fourth-order valence-corrected chi connectivity index (χ4v) is 0.949. The largest absolute Gasteiger partial charge is 0.481 e. The molecule has 1 aromatic rings. The van der Waals surface area contributed by atoms with E-state index in [0.717, 1.165) is 5.56 Å². The van der Waals surface area contributed by atoms with Crippen LogP contribution in [0.15, 0.2) is 18.3 Å². The molecule has 1 rings (SSSR count). The average Bonchev–Trinajstić information content (AvgIpc) is 2.04. The highest BCUT2D eigenvalue weighted by Crippen LogP contribution is 2.22. The van der Waals surface area contributed by atoms with Crippen LogP contribution in [-0.4, -0.2) is 12.1 Å². The van der Waals surface area contributed by atoms with Crippen molar-refractivity contribution in [1.29, 1.82) is 0 Å². The van der Waals surface area contributed by atoms with Crippen LogP contribution < -0.4 is 4.74 Å². The van der Waals surface area contributed by atoms with Gasteiger partial charge in [0.15, 0.2) is 0 Å². The molecule has 0 amide bonds. The minimum Gasteiger partial charge on any atom is -0.481 e. The van der Waals surface area contributed by atoms with Gasteiger partial charge in [0.05, 0.1) is 7.11 Å². The Hall–Kier alpha value is -1.05. The summed E-state index contributed by atoms with van der Waals surface area (Å²) in [6, 6.07) is 3.86. The van der Waals surface area contributed by atoms with Gasteiger partial charge in [0.2, 0.25) is 5.88 Å². The van der Waals surface area contributed by atoms with Gasteiger partial charge in [0.25, 0.3) is 0 Å². The molecule has 11 heavy (non-hydrogen) atoms. The summed E-state index contributed by atoms with van der Waals surface area (Å²) in [4.78, 5) is 4.06. The van der Waals surface area contributed by atoms with Gasteiger partial charge in [0.1, 0.15) is 0 Å². The van der Waals surface area contributed by atoms with E-state index in [4.69, 9.17) is 4.74 Å². The summed E-state index contributed by atoms with van der Waals surface area (Å²) in [5.74, 6) is 0.897. The van der Waals surface area contributed by atoms with Crippen molar-refractivity contribution in [3.05, 3.63) is 30.8 Å². The average molecular weight is 150 g/mol. The lowest BCUT2D eigenvalue weighted by Crippen LogP contribution is -1.95. The molecule has 1 aromatic heterocycles. The highest BCUT2D eigenvalue weighted by atomic mass is 16.5. The van der Waals surface area contributed by atoms with Crippen molar-refractivity contribution >= 4 is 0 Å². The van der Waals surface area contributed by atoms with E-state index in [1.807, 2.05) is 19.1 Å². The Balaban J connectivity index is 3.02. The summed E-state index contributed by atoms with van der Waals surface area (Å²) in [6.45, 7) is 5.91. The molecule has 0 aromatic carbocycles. The van der Waals surface area contributed by atoms with Crippen molar-refractivity contribution in [3.8, 4) is 5.88 Å². The highest BCUT2D eigenvalue weighted by molar-refractivity contribution is 5.29. The SMILES string of the molecule is [CH2]C(C)c1cccnc1OC. The van der Waals surface area contributed by atoms with Crippen LogP contribution in [0.3, 0.4) is 0 Å². The molecule has 2 nitrogen and oxygen atoms in total. The zero-order valence-electron chi connectivity index (χ0n) is 6.87. The Morgan fingerprint density at radius 1 is 1.64 bits per heavy atom. The Labute approximate surface area is 67.2 Å². The number of hydrogen-bond acceptors (Lipinski definition) is 2. The molecule has 0 aliphatic rings. The van der Waals surface area contributed by atoms with Crippen LogP contribution in [0.4, 0.5) is 0 Å². The van der Waals surface area contributed by atoms with Gasteiger partial charge < -0.3 is 4.74 Å². The topological polar surface area (TPSA) is 22.1 Å². The first-order chi connectivity index (χ1) is 5.25. The van der Waals surface area contributed by atoms with Crippen molar-refractivity contribution < 1.29 is 4.74 Å². The minimum atomic E-state index is 0.221. The zero-order chi connectivity index (χ0) is 8.27. The standard InChI is InChI=1S/C9H12NO/c1-7(2)8-5-4-6-10-9(8)11-3/h4-7H,1H2,2-3H3. The molecule has 0 aliphatic heterocycles. The van der Waals surface area contributed by atoms with Crippen LogP contribution >= 0.6 is 0 Å². The Bertz CT molecular complexity index is 233. The monoisotopic (exact) mass is 150 g/mol. The van der Waals surface area contributed by atoms with Gasteiger partial charge >= 0.3 is 0 Å². The minimum absolute atomic E-state index is 0.221. The maximum absolute atomic E-state index is 5.06. The summed E-state index contributed by atoms with van der Waals surface area (Å²) < 4.78 is 5.06. The molecule has 0 bridgehead atoms. The van der Waals surface area contributed by atoms with E-state index in [1.54, 1.807) is 13.3 Å². The zero-order valence-corrected chi connectivity index (χ0v) is 6.87. The van der Waals surface area contributed by atoms with E-state index in [-0.39, 0.29) is 5.92 Å². The molecule has 0 spiro atoms. The molecule has 1 heterocycles. The fraction of sp³-hybridized carbons (Fsp3) is 0.333. The van der Waals surface area contributed by atoms with Gasteiger partial charge in [-0.3, -0.25) is 0 Å². The third kappa shape index (κ3) is 1.70. The van der Waals surface area contributed by atoms with E-state index in [0.29, 0.717) is 5.88 Å². The van der Waals surface area contributed by atoms with Gasteiger partial charge in [0, 0.05) is 11.8 Å². The predicted octanol–water partition coefficient (Wildman–Crippen LogP) is 2.03. The van der Waals surface area contributed by atoms with Crippen molar-refractivity contribution in [2.24, 2.45) is 0 Å². The molecule has 1 atom stereocenters. The summed E-state index contributed by atoms with van der Waals surface area (Å²) in [6.07, 6.45) is 1.71. The lowest BCUT2D eigenvalue weighted by atomic mass is 10.1. The third-order valence-corrected chi connectivity index (χ3v) is 1.52. The Morgan fingerprint density at radius 2 is 2.36 bits per heavy atom. The van der Waals surface area contributed by atoms with Crippen LogP contribution in [0.2, 0.25) is 0 Å². The first-order valence-corrected chi connectivity index (χ1v) is 3.57. The maximum atomic E-state index is 5.06. The number of pyridine rings is 1. The van der Waals surface area contributed by atoms with Crippen LogP contribution in [0.25, 0.3) is 0 Å². The molecule has 0 saturated heterocycles. The number of methoxy groups -OCH3 is 1. The van der Waals surface area contributed by atoms with Crippen molar-refractivity contribution in [2.45, 2.75) is 12.8 Å². The maximum Gasteiger partial charge on any atom is 0.216 e. The number of ether oxygens (including phenoxy) is 1. The predicted molar refractivity (Wildman–Crippen MR) is 44.6 cm³/mol. The van der Waals surface area contributed by atoms with E-state index in [1.165, 1.54) is 0 Å². The second-order valence-corrected chi connectivity index (χ2v) is 2.50. The summed E-state index contributed by atoms with van der Waals surface area (Å²) in [5, 5.41) is 0. The molecule has 1 radical (unpaired) electrons. The molecule has 59 valence electrons. The smallest absolute Gasteiger partial charge is 0.216 e. The molecule has 1 unspecified atom stereocenters. The summed E-state index contributed by atoms with van der Waals surface area (Å²) in [5.41, 5.74) is 1.05. The lowest BCUT2D eigenvalue weighted by molar-refractivity contribution is 0.391. The fourth-order valence-electron chi connectivity index (χ4n) is 0.949. The molecule has 0 aliphatic carbocycles. The lowest BCUT2D eigenvalue weighted by Gasteiger charge is -2.08. The van der Waals surface area contributed by atoms with Gasteiger partial charge in [-0.15, -0.1) is 0 Å². The van der Waals surface area contributed by atoms with Gasteiger partial charge in [-0.2, -0.15) is 0 Å². The van der Waals surface area contributed by atoms with Crippen LogP contribution in [0, 0.1) is 6.92 Å². The van der Waals surface area contributed by atoms with E-state index < -0.39 is 0 Å². The van der Waals surface area contributed by atoms with Crippen molar-refractivity contribution in [3.63, 3.8) is 0 Å². The number of hydrogen-bond donors (Lipinski definition) is 0. The van der Waals surface area contributed by atoms with E-state index in [2.05, 4.69) is 11.9 Å². The first kappa shape index (κ1) is 8.05. The molecule has 0 N–H and O–H groups in total. The number of rotatable bonds is 2. The number of aromatic nitrogens is 1. The molecular formula is C9H12NO. The second kappa shape index (κ2) is 3.37. The normalized spacial score (nSPS) is 10.2. The highest BCUT2D eigenvalue weighted by Gasteiger charge is 2.05. The first-order valence-electron chi connectivity index (χ1n) is 3.57. The van der Waals surface area contributed by atoms with Gasteiger partial charge in [-0.25, -0.2) is 4.98 Å². The summed E-state index contributed by atoms with van der Waals surface area (Å²) >= 11 is 0. The van der Waals surface area contributed by atoms with Crippen LogP contribution in [-0.2, 0) is 0 Å². The van der Waals surface area contributed by atoms with Crippen molar-refractivity contribution in [2.75, 3.05) is 7.11 Å². The Morgan fingerprint density at radius 3 is 2.82 bits per heavy atom. The van der Waals surface area contributed by atoms with Crippen LogP contribution in [0.5, 0.6) is 5.88 Å². The molecule has 2 heteroatoms. The quantitative estimate of drug-likeness (QED) is 0.643. The van der Waals surface area contributed by atoms with Crippen molar-refractivity contribution in [1.82, 2.24) is 4.98 Å². The van der Waals surface area contributed by atoms with E-state index >= 15 is 0 Å². The molecule has 0 saturated carbocycles. The number of nitrogens with zero attached hydrogens (tertiary/aromatic N) is 1. The molecular weight excluding hydrogens is 138 g/mol. The van der Waals surface area contributed by atoms with Crippen LogP contribution in [0.1, 0.15) is 18.4 Å². The third-order valence-electron chi connectivity index (χ3n) is 1.52. The Kier molecular flexibility index (Phi) is 2.47. The van der Waals surface area contributed by atoms with Gasteiger partial charge in [-0.1, -0.05) is 13.0 Å². The summed E-state index contributed by atoms with van der Waals surface area (Å²) in [7, 11) is 1.62. The molecule has 0 fully saturated rings. The van der Waals surface area contributed by atoms with E-state index in [9.17, 15) is 0 Å². The van der Waals surface area contributed by atoms with Gasteiger partial charge in [-0.05, 0) is 18.9 Å². The second-order valence-electron chi connectivity index (χ2n) is 2.50.